The van der Waals surface area contributed by atoms with Crippen molar-refractivity contribution < 1.29 is 27.5 Å². The summed E-state index contributed by atoms with van der Waals surface area (Å²) < 4.78 is 40.0. The molecular formula is C32H40ClN3O6S. The van der Waals surface area contributed by atoms with Crippen LogP contribution in [0.2, 0.25) is 5.02 Å². The third-order valence-electron chi connectivity index (χ3n) is 7.20. The molecule has 0 saturated carbocycles. The first-order valence-electron chi connectivity index (χ1n) is 14.1. The van der Waals surface area contributed by atoms with Crippen molar-refractivity contribution in [3.63, 3.8) is 0 Å². The molecule has 3 aromatic carbocycles. The maximum atomic E-state index is 14.2. The maximum absolute atomic E-state index is 14.2. The molecule has 9 nitrogen and oxygen atoms in total. The van der Waals surface area contributed by atoms with Crippen LogP contribution in [0.5, 0.6) is 11.5 Å². The van der Waals surface area contributed by atoms with Gasteiger partial charge in [0.2, 0.25) is 11.8 Å². The zero-order chi connectivity index (χ0) is 31.7. The number of nitrogens with zero attached hydrogens (tertiary/aromatic N) is 2. The van der Waals surface area contributed by atoms with E-state index >= 15 is 0 Å². The first-order valence-corrected chi connectivity index (χ1v) is 15.9. The summed E-state index contributed by atoms with van der Waals surface area (Å²) in [5.74, 6) is -0.152. The molecule has 0 aliphatic heterocycles. The highest BCUT2D eigenvalue weighted by molar-refractivity contribution is 7.92. The molecule has 0 unspecified atom stereocenters. The van der Waals surface area contributed by atoms with Crippen molar-refractivity contribution in [3.05, 3.63) is 82.9 Å². The number of hydrogen-bond donors (Lipinski definition) is 1. The molecule has 0 spiro atoms. The lowest BCUT2D eigenvalue weighted by molar-refractivity contribution is -0.140. The molecule has 1 N–H and O–H groups in total. The van der Waals surface area contributed by atoms with Gasteiger partial charge < -0.3 is 19.7 Å². The van der Waals surface area contributed by atoms with Gasteiger partial charge in [0.25, 0.3) is 10.0 Å². The number of benzene rings is 3. The lowest BCUT2D eigenvalue weighted by Crippen LogP contribution is -2.53. The molecule has 0 aromatic heterocycles. The highest BCUT2D eigenvalue weighted by atomic mass is 35.5. The normalized spacial score (nSPS) is 12.6. The summed E-state index contributed by atoms with van der Waals surface area (Å²) in [6.07, 6.45) is 1.04. The second-order valence-electron chi connectivity index (χ2n) is 10.3. The van der Waals surface area contributed by atoms with Gasteiger partial charge in [0.1, 0.15) is 12.6 Å². The number of ether oxygens (including phenoxy) is 2. The number of carbonyl (C=O) groups excluding carboxylic acids is 2. The summed E-state index contributed by atoms with van der Waals surface area (Å²) in [5, 5.41) is 3.50. The second-order valence-corrected chi connectivity index (χ2v) is 12.6. The van der Waals surface area contributed by atoms with Crippen LogP contribution < -0.4 is 19.1 Å². The fourth-order valence-corrected chi connectivity index (χ4v) is 6.03. The van der Waals surface area contributed by atoms with Gasteiger partial charge >= 0.3 is 0 Å². The second kappa shape index (κ2) is 15.1. The molecule has 0 aliphatic rings. The Hall–Kier alpha value is -3.76. The van der Waals surface area contributed by atoms with Crippen LogP contribution in [0.15, 0.2) is 71.6 Å². The van der Waals surface area contributed by atoms with Crippen LogP contribution >= 0.6 is 11.6 Å². The number of carbonyl (C=O) groups is 2. The van der Waals surface area contributed by atoms with E-state index in [9.17, 15) is 18.0 Å². The van der Waals surface area contributed by atoms with E-state index in [2.05, 4.69) is 5.32 Å². The molecule has 3 aromatic rings. The molecule has 0 fully saturated rings. The van der Waals surface area contributed by atoms with Gasteiger partial charge in [-0.05, 0) is 68.7 Å². The fraction of sp³-hybridized carbons (Fsp3) is 0.375. The number of sulfonamides is 1. The summed E-state index contributed by atoms with van der Waals surface area (Å²) in [4.78, 5) is 29.1. The van der Waals surface area contributed by atoms with E-state index in [1.807, 2.05) is 27.7 Å². The summed E-state index contributed by atoms with van der Waals surface area (Å²) in [7, 11) is -1.30. The minimum Gasteiger partial charge on any atom is -0.493 e. The van der Waals surface area contributed by atoms with Gasteiger partial charge in [-0.1, -0.05) is 55.3 Å². The van der Waals surface area contributed by atoms with Crippen LogP contribution in [-0.4, -0.2) is 58.0 Å². The van der Waals surface area contributed by atoms with Crippen LogP contribution in [0.4, 0.5) is 5.69 Å². The summed E-state index contributed by atoms with van der Waals surface area (Å²) in [5.41, 5.74) is 1.83. The number of hydrogen-bond acceptors (Lipinski definition) is 6. The van der Waals surface area contributed by atoms with Crippen molar-refractivity contribution in [1.29, 1.82) is 0 Å². The fourth-order valence-electron chi connectivity index (χ4n) is 4.49. The summed E-state index contributed by atoms with van der Waals surface area (Å²) >= 11 is 6.09. The molecule has 2 amide bonds. The highest BCUT2D eigenvalue weighted by Gasteiger charge is 2.34. The van der Waals surface area contributed by atoms with Crippen LogP contribution in [-0.2, 0) is 26.2 Å². The first kappa shape index (κ1) is 33.7. The Morgan fingerprint density at radius 2 is 1.53 bits per heavy atom. The zero-order valence-electron chi connectivity index (χ0n) is 25.5. The van der Waals surface area contributed by atoms with Crippen molar-refractivity contribution in [2.24, 2.45) is 0 Å². The Morgan fingerprint density at radius 3 is 2.09 bits per heavy atom. The van der Waals surface area contributed by atoms with Crippen LogP contribution in [0.1, 0.15) is 44.7 Å². The molecule has 0 radical (unpaired) electrons. The molecule has 2 atom stereocenters. The number of methoxy groups -OCH3 is 2. The van der Waals surface area contributed by atoms with Gasteiger partial charge in [-0.2, -0.15) is 0 Å². The molecule has 3 rings (SSSR count). The lowest BCUT2D eigenvalue weighted by atomic mass is 10.1. The number of anilines is 1. The van der Waals surface area contributed by atoms with Gasteiger partial charge in [-0.25, -0.2) is 8.42 Å². The van der Waals surface area contributed by atoms with Crippen molar-refractivity contribution in [3.8, 4) is 11.5 Å². The van der Waals surface area contributed by atoms with E-state index in [1.165, 1.54) is 37.3 Å². The van der Waals surface area contributed by atoms with E-state index in [0.717, 1.165) is 21.9 Å². The van der Waals surface area contributed by atoms with Crippen molar-refractivity contribution >= 4 is 39.1 Å². The number of halogens is 1. The van der Waals surface area contributed by atoms with Gasteiger partial charge in [0.05, 0.1) is 24.8 Å². The number of nitrogens with one attached hydrogen (secondary N) is 1. The zero-order valence-corrected chi connectivity index (χ0v) is 27.0. The standard InChI is InChI=1S/C32H40ClN3O6S/c1-7-23(4)34-32(38)28(8-2)35(20-24-11-13-25(33)14-12-24)31(37)21-36(26-15-18-29(41-5)30(19-26)42-6)43(39,40)27-16-9-22(3)10-17-27/h9-19,23,28H,7-8,20-21H2,1-6H3,(H,34,38)/t23-,28-/m0/s1. The van der Waals surface area contributed by atoms with Crippen molar-refractivity contribution in [1.82, 2.24) is 10.2 Å². The largest absolute Gasteiger partial charge is 0.493 e. The summed E-state index contributed by atoms with van der Waals surface area (Å²) in [6, 6.07) is 17.1. The molecule has 0 saturated heterocycles. The minimum atomic E-state index is -4.23. The Kier molecular flexibility index (Phi) is 11.9. The Morgan fingerprint density at radius 1 is 0.907 bits per heavy atom. The monoisotopic (exact) mass is 629 g/mol. The van der Waals surface area contributed by atoms with E-state index in [-0.39, 0.29) is 29.1 Å². The molecule has 0 bridgehead atoms. The Bertz CT molecular complexity index is 1500. The summed E-state index contributed by atoms with van der Waals surface area (Å²) in [6.45, 7) is 7.04. The van der Waals surface area contributed by atoms with Crippen LogP contribution in [0.25, 0.3) is 0 Å². The number of rotatable bonds is 14. The third-order valence-corrected chi connectivity index (χ3v) is 9.24. The van der Waals surface area contributed by atoms with E-state index in [0.29, 0.717) is 22.9 Å². The molecule has 43 heavy (non-hydrogen) atoms. The van der Waals surface area contributed by atoms with Gasteiger partial charge in [-0.3, -0.25) is 13.9 Å². The Labute approximate surface area is 259 Å². The number of aryl methyl sites for hydroxylation is 1. The van der Waals surface area contributed by atoms with Gasteiger partial charge in [0, 0.05) is 23.7 Å². The van der Waals surface area contributed by atoms with Gasteiger partial charge in [0.15, 0.2) is 11.5 Å². The third kappa shape index (κ3) is 8.42. The highest BCUT2D eigenvalue weighted by Crippen LogP contribution is 2.34. The molecule has 11 heteroatoms. The Balaban J connectivity index is 2.11. The van der Waals surface area contributed by atoms with Crippen LogP contribution in [0.3, 0.4) is 0 Å². The SMILES string of the molecule is CC[C@H](C)NC(=O)[C@H](CC)N(Cc1ccc(Cl)cc1)C(=O)CN(c1ccc(OC)c(OC)c1)S(=O)(=O)c1ccc(C)cc1. The average Bonchev–Trinajstić information content (AvgIpc) is 3.00. The van der Waals surface area contributed by atoms with Crippen molar-refractivity contribution in [2.45, 2.75) is 64.1 Å². The van der Waals surface area contributed by atoms with E-state index < -0.39 is 28.5 Å². The molecular weight excluding hydrogens is 590 g/mol. The van der Waals surface area contributed by atoms with Crippen LogP contribution in [0, 0.1) is 6.92 Å². The first-order chi connectivity index (χ1) is 20.4. The number of amides is 2. The van der Waals surface area contributed by atoms with Crippen molar-refractivity contribution in [2.75, 3.05) is 25.1 Å². The van der Waals surface area contributed by atoms with E-state index in [1.54, 1.807) is 48.5 Å². The molecule has 232 valence electrons. The smallest absolute Gasteiger partial charge is 0.264 e. The maximum Gasteiger partial charge on any atom is 0.264 e. The lowest BCUT2D eigenvalue weighted by Gasteiger charge is -2.34. The molecule has 0 aliphatic carbocycles. The average molecular weight is 630 g/mol. The topological polar surface area (TPSA) is 105 Å². The van der Waals surface area contributed by atoms with E-state index in [4.69, 9.17) is 21.1 Å². The quantitative estimate of drug-likeness (QED) is 0.250. The molecule has 0 heterocycles. The predicted octanol–water partition coefficient (Wildman–Crippen LogP) is 5.58. The predicted molar refractivity (Wildman–Crippen MR) is 169 cm³/mol. The minimum absolute atomic E-state index is 0.0199. The van der Waals surface area contributed by atoms with Gasteiger partial charge in [-0.15, -0.1) is 0 Å².